The van der Waals surface area contributed by atoms with Crippen LogP contribution in [0, 0.1) is 6.92 Å². The van der Waals surface area contributed by atoms with Gasteiger partial charge >= 0.3 is 0 Å². The number of methoxy groups -OCH3 is 1. The highest BCUT2D eigenvalue weighted by molar-refractivity contribution is 9.10. The minimum absolute atomic E-state index is 0.141. The van der Waals surface area contributed by atoms with Crippen LogP contribution in [0.25, 0.3) is 0 Å². The molecule has 0 unspecified atom stereocenters. The normalized spacial score (nSPS) is 10.8. The number of aryl methyl sites for hydroxylation is 2. The molecule has 0 aromatic heterocycles. The van der Waals surface area contributed by atoms with Gasteiger partial charge in [-0.25, -0.2) is 5.43 Å². The number of benzene rings is 3. The summed E-state index contributed by atoms with van der Waals surface area (Å²) >= 11 is 3.49. The highest BCUT2D eigenvalue weighted by Gasteiger charge is 2.08. The summed E-state index contributed by atoms with van der Waals surface area (Å²) in [5, 5.41) is 4.01. The van der Waals surface area contributed by atoms with Crippen molar-refractivity contribution in [2.45, 2.75) is 33.3 Å². The monoisotopic (exact) mass is 524 g/mol. The minimum atomic E-state index is -0.356. The van der Waals surface area contributed by atoms with E-state index in [0.717, 1.165) is 28.4 Å². The molecule has 0 aliphatic rings. The Balaban J connectivity index is 1.50. The zero-order valence-corrected chi connectivity index (χ0v) is 21.2. The molecule has 178 valence electrons. The topological polar surface area (TPSA) is 69.2 Å². The summed E-state index contributed by atoms with van der Waals surface area (Å²) in [6.45, 7) is 4.48. The average molecular weight is 525 g/mol. The Morgan fingerprint density at radius 1 is 0.971 bits per heavy atom. The number of carbonyl (C=O) groups is 1. The van der Waals surface area contributed by atoms with Gasteiger partial charge in [-0.1, -0.05) is 49.2 Å². The number of hydrogen-bond donors (Lipinski definition) is 1. The molecular formula is C27H29BrN2O4. The first-order valence-electron chi connectivity index (χ1n) is 11.1. The SMILES string of the molecule is CCCc1ccc(OCC(=O)N/N=C/c2ccc(OCc3ccc(C)cc3)c(OC)c2)c(Br)c1. The van der Waals surface area contributed by atoms with E-state index in [9.17, 15) is 4.79 Å². The molecule has 0 bridgehead atoms. The molecule has 0 aliphatic heterocycles. The van der Waals surface area contributed by atoms with Gasteiger partial charge in [-0.3, -0.25) is 4.79 Å². The van der Waals surface area contributed by atoms with Gasteiger partial charge in [0.2, 0.25) is 0 Å². The second-order valence-electron chi connectivity index (χ2n) is 7.78. The van der Waals surface area contributed by atoms with Crippen molar-refractivity contribution in [1.82, 2.24) is 5.43 Å². The summed E-state index contributed by atoms with van der Waals surface area (Å²) in [6, 6.07) is 19.5. The molecule has 0 atom stereocenters. The van der Waals surface area contributed by atoms with Crippen LogP contribution >= 0.6 is 15.9 Å². The summed E-state index contributed by atoms with van der Waals surface area (Å²) in [6.07, 6.45) is 3.61. The molecule has 7 heteroatoms. The molecule has 1 N–H and O–H groups in total. The predicted molar refractivity (Wildman–Crippen MR) is 138 cm³/mol. The van der Waals surface area contributed by atoms with Crippen molar-refractivity contribution in [2.24, 2.45) is 5.10 Å². The molecule has 0 radical (unpaired) electrons. The van der Waals surface area contributed by atoms with Gasteiger partial charge in [-0.2, -0.15) is 5.10 Å². The third kappa shape index (κ3) is 7.63. The number of halogens is 1. The lowest BCUT2D eigenvalue weighted by Crippen LogP contribution is -2.24. The van der Waals surface area contributed by atoms with Crippen LogP contribution in [0.1, 0.15) is 35.6 Å². The molecule has 6 nitrogen and oxygen atoms in total. The van der Waals surface area contributed by atoms with Gasteiger partial charge in [0.25, 0.3) is 5.91 Å². The van der Waals surface area contributed by atoms with Crippen LogP contribution in [0.2, 0.25) is 0 Å². The van der Waals surface area contributed by atoms with Crippen LogP contribution in [0.15, 0.2) is 70.2 Å². The third-order valence-electron chi connectivity index (χ3n) is 5.00. The number of amides is 1. The van der Waals surface area contributed by atoms with E-state index in [-0.39, 0.29) is 12.5 Å². The van der Waals surface area contributed by atoms with Gasteiger partial charge in [0.05, 0.1) is 17.8 Å². The Labute approximate surface area is 209 Å². The quantitative estimate of drug-likeness (QED) is 0.253. The van der Waals surface area contributed by atoms with Crippen molar-refractivity contribution < 1.29 is 19.0 Å². The number of rotatable bonds is 11. The summed E-state index contributed by atoms with van der Waals surface area (Å²) in [4.78, 5) is 12.1. The average Bonchev–Trinajstić information content (AvgIpc) is 2.83. The zero-order chi connectivity index (χ0) is 24.3. The van der Waals surface area contributed by atoms with Crippen LogP contribution in [-0.4, -0.2) is 25.8 Å². The van der Waals surface area contributed by atoms with Crippen LogP contribution in [0.4, 0.5) is 0 Å². The lowest BCUT2D eigenvalue weighted by atomic mass is 10.1. The smallest absolute Gasteiger partial charge is 0.277 e. The Hall–Kier alpha value is -3.32. The second-order valence-corrected chi connectivity index (χ2v) is 8.64. The van der Waals surface area contributed by atoms with E-state index in [2.05, 4.69) is 52.4 Å². The molecule has 0 spiro atoms. The van der Waals surface area contributed by atoms with Gasteiger partial charge < -0.3 is 14.2 Å². The second kappa shape index (κ2) is 12.8. The Bertz CT molecular complexity index is 1130. The van der Waals surface area contributed by atoms with Crippen molar-refractivity contribution in [3.63, 3.8) is 0 Å². The maximum atomic E-state index is 12.1. The van der Waals surface area contributed by atoms with Crippen molar-refractivity contribution in [2.75, 3.05) is 13.7 Å². The molecule has 3 aromatic rings. The summed E-state index contributed by atoms with van der Waals surface area (Å²) in [5.41, 5.74) is 6.74. The molecule has 0 heterocycles. The molecule has 3 aromatic carbocycles. The number of hydrogen-bond acceptors (Lipinski definition) is 5. The highest BCUT2D eigenvalue weighted by Crippen LogP contribution is 2.28. The molecular weight excluding hydrogens is 496 g/mol. The number of ether oxygens (including phenoxy) is 3. The van der Waals surface area contributed by atoms with E-state index in [4.69, 9.17) is 14.2 Å². The van der Waals surface area contributed by atoms with E-state index in [0.29, 0.717) is 23.9 Å². The highest BCUT2D eigenvalue weighted by atomic mass is 79.9. The number of nitrogens with zero attached hydrogens (tertiary/aromatic N) is 1. The van der Waals surface area contributed by atoms with Crippen molar-refractivity contribution in [3.8, 4) is 17.2 Å². The van der Waals surface area contributed by atoms with E-state index in [1.807, 2.05) is 42.5 Å². The van der Waals surface area contributed by atoms with Crippen molar-refractivity contribution in [1.29, 1.82) is 0 Å². The first kappa shape index (κ1) is 25.3. The van der Waals surface area contributed by atoms with E-state index < -0.39 is 0 Å². The fraction of sp³-hybridized carbons (Fsp3) is 0.259. The van der Waals surface area contributed by atoms with Gasteiger partial charge in [0.15, 0.2) is 18.1 Å². The molecule has 34 heavy (non-hydrogen) atoms. The molecule has 0 fully saturated rings. The lowest BCUT2D eigenvalue weighted by molar-refractivity contribution is -0.123. The van der Waals surface area contributed by atoms with Gasteiger partial charge in [0, 0.05) is 0 Å². The van der Waals surface area contributed by atoms with Crippen LogP contribution < -0.4 is 19.6 Å². The van der Waals surface area contributed by atoms with Crippen LogP contribution in [0.5, 0.6) is 17.2 Å². The van der Waals surface area contributed by atoms with Gasteiger partial charge in [-0.05, 0) is 76.3 Å². The first-order valence-corrected chi connectivity index (χ1v) is 11.9. The van der Waals surface area contributed by atoms with Crippen LogP contribution in [-0.2, 0) is 17.8 Å². The maximum Gasteiger partial charge on any atom is 0.277 e. The molecule has 3 rings (SSSR count). The fourth-order valence-corrected chi connectivity index (χ4v) is 3.73. The largest absolute Gasteiger partial charge is 0.493 e. The standard InChI is InChI=1S/C27H29BrN2O4/c1-4-5-20-10-12-24(23(28)14-20)34-18-27(31)30-29-16-22-11-13-25(26(15-22)32-3)33-17-21-8-6-19(2)7-9-21/h6-16H,4-5,17-18H2,1-3H3,(H,30,31)/b29-16+. The van der Waals surface area contributed by atoms with Crippen molar-refractivity contribution >= 4 is 28.1 Å². The minimum Gasteiger partial charge on any atom is -0.493 e. The summed E-state index contributed by atoms with van der Waals surface area (Å²) in [7, 11) is 1.58. The third-order valence-corrected chi connectivity index (χ3v) is 5.62. The van der Waals surface area contributed by atoms with E-state index >= 15 is 0 Å². The lowest BCUT2D eigenvalue weighted by Gasteiger charge is -2.11. The summed E-state index contributed by atoms with van der Waals surface area (Å²) < 4.78 is 17.8. The Morgan fingerprint density at radius 3 is 2.41 bits per heavy atom. The van der Waals surface area contributed by atoms with Crippen LogP contribution in [0.3, 0.4) is 0 Å². The first-order chi connectivity index (χ1) is 16.5. The Kier molecular flexibility index (Phi) is 9.52. The number of carbonyl (C=O) groups excluding carboxylic acids is 1. The molecule has 1 amide bonds. The fourth-order valence-electron chi connectivity index (χ4n) is 3.19. The van der Waals surface area contributed by atoms with Gasteiger partial charge in [-0.15, -0.1) is 0 Å². The Morgan fingerprint density at radius 2 is 1.71 bits per heavy atom. The summed E-state index contributed by atoms with van der Waals surface area (Å²) in [5.74, 6) is 1.48. The molecule has 0 aliphatic carbocycles. The van der Waals surface area contributed by atoms with Crippen molar-refractivity contribution in [3.05, 3.63) is 87.4 Å². The number of hydrazone groups is 1. The predicted octanol–water partition coefficient (Wildman–Crippen LogP) is 5.83. The molecule has 0 saturated carbocycles. The molecule has 0 saturated heterocycles. The maximum absolute atomic E-state index is 12.1. The van der Waals surface area contributed by atoms with Gasteiger partial charge in [0.1, 0.15) is 12.4 Å². The zero-order valence-electron chi connectivity index (χ0n) is 19.6. The van der Waals surface area contributed by atoms with E-state index in [1.165, 1.54) is 11.1 Å². The van der Waals surface area contributed by atoms with E-state index in [1.54, 1.807) is 19.4 Å². The number of nitrogens with one attached hydrogen (secondary N) is 1.